The molecule has 3 aromatic rings. The molecule has 1 aliphatic rings. The molecule has 0 radical (unpaired) electrons. The minimum atomic E-state index is -0.375. The number of H-pyrrole nitrogens is 1. The van der Waals surface area contributed by atoms with Crippen LogP contribution in [0.4, 0.5) is 5.00 Å². The van der Waals surface area contributed by atoms with Gasteiger partial charge in [-0.1, -0.05) is 24.2 Å². The molecule has 6 nitrogen and oxygen atoms in total. The number of carbonyl (C=O) groups excluding carboxylic acids is 1. The zero-order valence-corrected chi connectivity index (χ0v) is 17.8. The fourth-order valence-corrected chi connectivity index (χ4v) is 5.83. The summed E-state index contributed by atoms with van der Waals surface area (Å²) in [5, 5.41) is 22.5. The van der Waals surface area contributed by atoms with Crippen LogP contribution in [0.5, 0.6) is 0 Å². The Kier molecular flexibility index (Phi) is 5.80. The first-order valence-corrected chi connectivity index (χ1v) is 11.7. The van der Waals surface area contributed by atoms with Crippen LogP contribution in [-0.2, 0) is 17.6 Å². The molecule has 0 bridgehead atoms. The van der Waals surface area contributed by atoms with Crippen LogP contribution in [0.15, 0.2) is 22.7 Å². The molecule has 3 aromatic heterocycles. The van der Waals surface area contributed by atoms with Crippen molar-refractivity contribution in [3.05, 3.63) is 33.5 Å². The van der Waals surface area contributed by atoms with E-state index in [1.807, 2.05) is 24.4 Å². The van der Waals surface area contributed by atoms with E-state index < -0.39 is 0 Å². The van der Waals surface area contributed by atoms with Crippen molar-refractivity contribution in [1.29, 1.82) is 5.26 Å². The van der Waals surface area contributed by atoms with E-state index >= 15 is 0 Å². The number of amides is 1. The first-order valence-electron chi connectivity index (χ1n) is 9.14. The lowest BCUT2D eigenvalue weighted by molar-refractivity contribution is -0.115. The maximum atomic E-state index is 12.7. The van der Waals surface area contributed by atoms with Crippen LogP contribution >= 0.6 is 34.4 Å². The number of aromatic nitrogens is 3. The fraction of sp³-hybridized carbons (Fsp3) is 0.368. The van der Waals surface area contributed by atoms with Gasteiger partial charge in [0.15, 0.2) is 5.82 Å². The van der Waals surface area contributed by atoms with Gasteiger partial charge in [0.1, 0.15) is 11.1 Å². The second kappa shape index (κ2) is 8.47. The van der Waals surface area contributed by atoms with Gasteiger partial charge in [0, 0.05) is 4.88 Å². The molecule has 9 heteroatoms. The second-order valence-corrected chi connectivity index (χ2v) is 9.93. The molecule has 3 heterocycles. The number of thiophene rings is 2. The number of aromatic amines is 1. The Morgan fingerprint density at radius 3 is 3.04 bits per heavy atom. The summed E-state index contributed by atoms with van der Waals surface area (Å²) in [6.45, 7) is 1.83. The molecule has 0 aliphatic heterocycles. The van der Waals surface area contributed by atoms with E-state index in [4.69, 9.17) is 0 Å². The standard InChI is InChI=1S/C19H19N5OS3/c1-11(27-19-21-16(23-24-19)15-8-5-9-26-15)17(25)22-18-13(10-20)12-6-3-2-4-7-14(12)28-18/h5,8-9,11H,2-4,6-7H2,1H3,(H,22,25)(H,21,23,24)/t11-/m0/s1. The van der Waals surface area contributed by atoms with Crippen molar-refractivity contribution in [2.45, 2.75) is 49.4 Å². The third-order valence-corrected chi connectivity index (χ3v) is 7.69. The van der Waals surface area contributed by atoms with Gasteiger partial charge < -0.3 is 5.32 Å². The lowest BCUT2D eigenvalue weighted by atomic mass is 10.1. The fourth-order valence-electron chi connectivity index (χ4n) is 3.20. The van der Waals surface area contributed by atoms with E-state index in [0.29, 0.717) is 21.5 Å². The number of nitriles is 1. The molecule has 144 valence electrons. The highest BCUT2D eigenvalue weighted by Gasteiger charge is 2.24. The van der Waals surface area contributed by atoms with E-state index in [1.165, 1.54) is 23.1 Å². The SMILES string of the molecule is C[C@H](Sc1n[nH]c(-c2cccs2)n1)C(=O)Nc1sc2c(c1C#N)CCCCC2. The summed E-state index contributed by atoms with van der Waals surface area (Å²) in [4.78, 5) is 19.4. The van der Waals surface area contributed by atoms with E-state index in [9.17, 15) is 10.1 Å². The van der Waals surface area contributed by atoms with Gasteiger partial charge >= 0.3 is 0 Å². The lowest BCUT2D eigenvalue weighted by Gasteiger charge is -2.09. The number of nitrogens with zero attached hydrogens (tertiary/aromatic N) is 3. The summed E-state index contributed by atoms with van der Waals surface area (Å²) in [6, 6.07) is 6.24. The van der Waals surface area contributed by atoms with Gasteiger partial charge in [-0.3, -0.25) is 9.89 Å². The topological polar surface area (TPSA) is 94.5 Å². The number of anilines is 1. The Labute approximate surface area is 175 Å². The summed E-state index contributed by atoms with van der Waals surface area (Å²) in [5.41, 5.74) is 1.78. The molecule has 0 aromatic carbocycles. The Hall–Kier alpha value is -2.15. The molecule has 0 spiro atoms. The summed E-state index contributed by atoms with van der Waals surface area (Å²) >= 11 is 4.44. The van der Waals surface area contributed by atoms with E-state index in [2.05, 4.69) is 26.6 Å². The van der Waals surface area contributed by atoms with Crippen molar-refractivity contribution in [3.8, 4) is 16.8 Å². The quantitative estimate of drug-likeness (QED) is 0.446. The number of hydrogen-bond acceptors (Lipinski definition) is 7. The molecule has 28 heavy (non-hydrogen) atoms. The number of nitrogens with one attached hydrogen (secondary N) is 2. The maximum Gasteiger partial charge on any atom is 0.238 e. The predicted molar refractivity (Wildman–Crippen MR) is 114 cm³/mol. The van der Waals surface area contributed by atoms with Gasteiger partial charge in [-0.15, -0.1) is 27.8 Å². The minimum absolute atomic E-state index is 0.139. The van der Waals surface area contributed by atoms with Crippen LogP contribution in [0.3, 0.4) is 0 Å². The van der Waals surface area contributed by atoms with Crippen LogP contribution in [0.2, 0.25) is 0 Å². The van der Waals surface area contributed by atoms with E-state index in [0.717, 1.165) is 36.1 Å². The highest BCUT2D eigenvalue weighted by atomic mass is 32.2. The molecule has 1 aliphatic carbocycles. The summed E-state index contributed by atoms with van der Waals surface area (Å²) in [6.07, 6.45) is 5.38. The van der Waals surface area contributed by atoms with Gasteiger partial charge in [0.05, 0.1) is 15.7 Å². The number of aryl methyl sites for hydroxylation is 1. The number of carbonyl (C=O) groups is 1. The van der Waals surface area contributed by atoms with Crippen LogP contribution in [0.1, 0.15) is 42.2 Å². The Balaban J connectivity index is 1.45. The first kappa shape index (κ1) is 19.2. The summed E-state index contributed by atoms with van der Waals surface area (Å²) < 4.78 is 0. The molecule has 2 N–H and O–H groups in total. The van der Waals surface area contributed by atoms with Crippen molar-refractivity contribution in [3.63, 3.8) is 0 Å². The molecule has 0 saturated carbocycles. The molecular formula is C19H19N5OS3. The monoisotopic (exact) mass is 429 g/mol. The Bertz CT molecular complexity index is 1020. The number of fused-ring (bicyclic) bond motifs is 1. The van der Waals surface area contributed by atoms with Crippen LogP contribution in [0, 0.1) is 11.3 Å². The van der Waals surface area contributed by atoms with Gasteiger partial charge in [0.2, 0.25) is 11.1 Å². The van der Waals surface area contributed by atoms with E-state index in [-0.39, 0.29) is 11.2 Å². The van der Waals surface area contributed by atoms with Gasteiger partial charge in [-0.25, -0.2) is 4.98 Å². The Morgan fingerprint density at radius 2 is 2.25 bits per heavy atom. The van der Waals surface area contributed by atoms with Crippen molar-refractivity contribution >= 4 is 45.3 Å². The van der Waals surface area contributed by atoms with Crippen LogP contribution in [0.25, 0.3) is 10.7 Å². The molecule has 1 atom stereocenters. The lowest BCUT2D eigenvalue weighted by Crippen LogP contribution is -2.22. The highest BCUT2D eigenvalue weighted by molar-refractivity contribution is 8.00. The number of thioether (sulfide) groups is 1. The minimum Gasteiger partial charge on any atom is -0.316 e. The average Bonchev–Trinajstić information content (AvgIpc) is 3.39. The normalized spacial score (nSPS) is 14.7. The summed E-state index contributed by atoms with van der Waals surface area (Å²) in [5.74, 6) is 0.569. The van der Waals surface area contributed by atoms with E-state index in [1.54, 1.807) is 22.7 Å². The average molecular weight is 430 g/mol. The van der Waals surface area contributed by atoms with Crippen LogP contribution in [-0.4, -0.2) is 26.3 Å². The van der Waals surface area contributed by atoms with Gasteiger partial charge in [-0.2, -0.15) is 5.26 Å². The van der Waals surface area contributed by atoms with Crippen molar-refractivity contribution in [1.82, 2.24) is 15.2 Å². The Morgan fingerprint density at radius 1 is 1.39 bits per heavy atom. The number of hydrogen-bond donors (Lipinski definition) is 2. The number of rotatable bonds is 5. The van der Waals surface area contributed by atoms with Crippen molar-refractivity contribution in [2.24, 2.45) is 0 Å². The predicted octanol–water partition coefficient (Wildman–Crippen LogP) is 4.85. The molecule has 0 fully saturated rings. The van der Waals surface area contributed by atoms with Gasteiger partial charge in [-0.05, 0) is 49.6 Å². The third kappa shape index (κ3) is 3.99. The van der Waals surface area contributed by atoms with Crippen molar-refractivity contribution in [2.75, 3.05) is 5.32 Å². The zero-order chi connectivity index (χ0) is 19.5. The second-order valence-electron chi connectivity index (χ2n) is 6.57. The third-order valence-electron chi connectivity index (χ3n) is 4.64. The smallest absolute Gasteiger partial charge is 0.238 e. The maximum absolute atomic E-state index is 12.7. The van der Waals surface area contributed by atoms with Gasteiger partial charge in [0.25, 0.3) is 0 Å². The molecule has 0 saturated heterocycles. The molecule has 0 unspecified atom stereocenters. The van der Waals surface area contributed by atoms with Crippen LogP contribution < -0.4 is 5.32 Å². The highest BCUT2D eigenvalue weighted by Crippen LogP contribution is 2.37. The summed E-state index contributed by atoms with van der Waals surface area (Å²) in [7, 11) is 0. The molecular weight excluding hydrogens is 410 g/mol. The van der Waals surface area contributed by atoms with Crippen molar-refractivity contribution < 1.29 is 4.79 Å². The zero-order valence-electron chi connectivity index (χ0n) is 15.3. The largest absolute Gasteiger partial charge is 0.316 e. The first-order chi connectivity index (χ1) is 13.7. The molecule has 4 rings (SSSR count). The molecule has 1 amide bonds.